The molecule has 2 fully saturated rings. The second kappa shape index (κ2) is 9.01. The molecule has 2 aromatic heterocycles. The van der Waals surface area contributed by atoms with E-state index in [4.69, 9.17) is 4.52 Å². The van der Waals surface area contributed by atoms with Gasteiger partial charge in [0.25, 0.3) is 5.95 Å². The Morgan fingerprint density at radius 2 is 2.06 bits per heavy atom. The fraction of sp³-hybridized carbons (Fsp3) is 0.609. The van der Waals surface area contributed by atoms with Crippen LogP contribution in [0.2, 0.25) is 0 Å². The van der Waals surface area contributed by atoms with Crippen LogP contribution in [-0.4, -0.2) is 76.0 Å². The van der Waals surface area contributed by atoms with Crippen molar-refractivity contribution in [2.24, 2.45) is 5.92 Å². The number of fused-ring (bicyclic) bond motifs is 1. The first kappa shape index (κ1) is 23.4. The zero-order valence-electron chi connectivity index (χ0n) is 19.8. The lowest BCUT2D eigenvalue weighted by atomic mass is 10.1. The van der Waals surface area contributed by atoms with Gasteiger partial charge in [0.05, 0.1) is 11.9 Å². The summed E-state index contributed by atoms with van der Waals surface area (Å²) < 4.78 is 47.3. The molecule has 4 heterocycles. The Hall–Kier alpha value is -2.37. The van der Waals surface area contributed by atoms with Gasteiger partial charge in [-0.3, -0.25) is 0 Å². The highest BCUT2D eigenvalue weighted by Gasteiger charge is 2.34. The Bertz CT molecular complexity index is 1290. The number of sulfonamides is 1. The van der Waals surface area contributed by atoms with Gasteiger partial charge >= 0.3 is 0 Å². The van der Waals surface area contributed by atoms with E-state index in [1.807, 2.05) is 19.9 Å². The normalized spacial score (nSPS) is 22.5. The number of nitrogens with zero attached hydrogens (tertiary/aromatic N) is 6. The molecule has 184 valence electrons. The summed E-state index contributed by atoms with van der Waals surface area (Å²) in [6.07, 6.45) is 4.74. The highest BCUT2D eigenvalue weighted by atomic mass is 32.2. The van der Waals surface area contributed by atoms with Crippen molar-refractivity contribution >= 4 is 20.9 Å². The molecule has 0 unspecified atom stereocenters. The van der Waals surface area contributed by atoms with Crippen LogP contribution in [0.5, 0.6) is 0 Å². The summed E-state index contributed by atoms with van der Waals surface area (Å²) in [4.78, 5) is 6.87. The topological polar surface area (TPSA) is 97.4 Å². The highest BCUT2D eigenvalue weighted by molar-refractivity contribution is 7.88. The van der Waals surface area contributed by atoms with Gasteiger partial charge in [0.1, 0.15) is 11.3 Å². The predicted octanol–water partition coefficient (Wildman–Crippen LogP) is 2.96. The molecule has 2 aliphatic heterocycles. The van der Waals surface area contributed by atoms with E-state index >= 15 is 0 Å². The van der Waals surface area contributed by atoms with Gasteiger partial charge in [-0.1, -0.05) is 26.0 Å². The van der Waals surface area contributed by atoms with Crippen molar-refractivity contribution < 1.29 is 17.3 Å². The summed E-state index contributed by atoms with van der Waals surface area (Å²) in [7, 11) is -3.16. The second-order valence-electron chi connectivity index (χ2n) is 9.86. The van der Waals surface area contributed by atoms with Gasteiger partial charge in [-0.15, -0.1) is 0 Å². The number of hydrogen-bond acceptors (Lipinski definition) is 7. The summed E-state index contributed by atoms with van der Waals surface area (Å²) in [5.41, 5.74) is 1.15. The molecule has 2 aliphatic rings. The number of rotatable bonds is 7. The third kappa shape index (κ3) is 4.48. The zero-order chi connectivity index (χ0) is 24.0. The van der Waals surface area contributed by atoms with Gasteiger partial charge in [-0.25, -0.2) is 12.8 Å². The van der Waals surface area contributed by atoms with Crippen LogP contribution in [0.4, 0.5) is 4.39 Å². The predicted molar refractivity (Wildman–Crippen MR) is 126 cm³/mol. The molecule has 0 amide bonds. The number of hydrogen-bond donors (Lipinski definition) is 0. The first-order chi connectivity index (χ1) is 16.2. The lowest BCUT2D eigenvalue weighted by Gasteiger charge is -2.26. The molecule has 2 saturated heterocycles. The monoisotopic (exact) mass is 490 g/mol. The minimum Gasteiger partial charge on any atom is -0.337 e. The molecule has 0 aliphatic carbocycles. The third-order valence-corrected chi connectivity index (χ3v) is 8.26. The van der Waals surface area contributed by atoms with Crippen LogP contribution in [0.1, 0.15) is 50.6 Å². The molecule has 3 aromatic rings. The molecule has 2 atom stereocenters. The Balaban J connectivity index is 1.27. The fourth-order valence-electron chi connectivity index (χ4n) is 5.35. The fourth-order valence-corrected chi connectivity index (χ4v) is 6.53. The van der Waals surface area contributed by atoms with Crippen LogP contribution in [0, 0.1) is 11.7 Å². The number of likely N-dealkylation sites (tertiary alicyclic amines) is 1. The lowest BCUT2D eigenvalue weighted by Crippen LogP contribution is -2.42. The summed E-state index contributed by atoms with van der Waals surface area (Å²) in [6, 6.07) is 5.01. The Morgan fingerprint density at radius 3 is 2.82 bits per heavy atom. The van der Waals surface area contributed by atoms with E-state index in [2.05, 4.69) is 20.1 Å². The molecule has 0 N–H and O–H groups in total. The maximum absolute atomic E-state index is 14.7. The van der Waals surface area contributed by atoms with Crippen molar-refractivity contribution in [3.63, 3.8) is 0 Å². The average Bonchev–Trinajstić information content (AvgIpc) is 3.54. The van der Waals surface area contributed by atoms with Crippen molar-refractivity contribution in [2.75, 3.05) is 32.4 Å². The average molecular weight is 491 g/mol. The van der Waals surface area contributed by atoms with Gasteiger partial charge < -0.3 is 9.42 Å². The number of benzene rings is 1. The van der Waals surface area contributed by atoms with Crippen molar-refractivity contribution in [1.82, 2.24) is 29.1 Å². The number of halogens is 1. The maximum atomic E-state index is 14.7. The quantitative estimate of drug-likeness (QED) is 0.502. The van der Waals surface area contributed by atoms with E-state index in [1.54, 1.807) is 10.4 Å². The van der Waals surface area contributed by atoms with E-state index < -0.39 is 10.0 Å². The van der Waals surface area contributed by atoms with E-state index in [-0.39, 0.29) is 23.7 Å². The molecule has 11 heteroatoms. The molecule has 9 nitrogen and oxygen atoms in total. The first-order valence-corrected chi connectivity index (χ1v) is 13.7. The molecular weight excluding hydrogens is 459 g/mol. The van der Waals surface area contributed by atoms with E-state index in [1.165, 1.54) is 17.0 Å². The van der Waals surface area contributed by atoms with Crippen LogP contribution in [0.15, 0.2) is 22.7 Å². The Labute approximate surface area is 199 Å². The summed E-state index contributed by atoms with van der Waals surface area (Å²) in [5.74, 6) is 0.844. The van der Waals surface area contributed by atoms with E-state index in [0.29, 0.717) is 30.3 Å². The molecular formula is C23H31FN6O3S. The maximum Gasteiger partial charge on any atom is 0.291 e. The summed E-state index contributed by atoms with van der Waals surface area (Å²) >= 11 is 0. The van der Waals surface area contributed by atoms with Gasteiger partial charge in [0.15, 0.2) is 0 Å². The summed E-state index contributed by atoms with van der Waals surface area (Å²) in [6.45, 7) is 7.20. The molecule has 5 rings (SSSR count). The SMILES string of the molecule is CC(C)c1nn(-c2noc(C[C@@H]3CCN(C[C@H]4CCCN4S(C)(=O)=O)C3)n2)c2c(F)cccc12. The van der Waals surface area contributed by atoms with Crippen molar-refractivity contribution in [3.8, 4) is 5.95 Å². The minimum absolute atomic E-state index is 0.0573. The number of aromatic nitrogens is 4. The Morgan fingerprint density at radius 1 is 1.24 bits per heavy atom. The molecule has 0 saturated carbocycles. The van der Waals surface area contributed by atoms with Gasteiger partial charge in [-0.2, -0.15) is 19.1 Å². The first-order valence-electron chi connectivity index (χ1n) is 11.9. The standard InChI is InChI=1S/C23H31FN6O3S/c1-15(2)21-18-7-4-8-19(24)22(18)30(26-21)23-25-20(33-27-23)12-16-9-11-28(13-16)14-17-6-5-10-29(17)34(3,31)32/h4,7-8,15-17H,5-6,9-14H2,1-3H3/t16-,17+/m0/s1. The van der Waals surface area contributed by atoms with Gasteiger partial charge in [0, 0.05) is 37.5 Å². The number of para-hydroxylation sites is 1. The third-order valence-electron chi connectivity index (χ3n) is 6.93. The van der Waals surface area contributed by atoms with E-state index in [9.17, 15) is 12.8 Å². The minimum atomic E-state index is -3.16. The largest absolute Gasteiger partial charge is 0.337 e. The van der Waals surface area contributed by atoms with Crippen LogP contribution in [0.25, 0.3) is 16.9 Å². The van der Waals surface area contributed by atoms with Crippen LogP contribution >= 0.6 is 0 Å². The van der Waals surface area contributed by atoms with Crippen molar-refractivity contribution in [2.45, 2.75) is 51.5 Å². The molecule has 0 bridgehead atoms. The Kier molecular flexibility index (Phi) is 6.19. The van der Waals surface area contributed by atoms with Gasteiger partial charge in [0.2, 0.25) is 15.9 Å². The van der Waals surface area contributed by atoms with Gasteiger partial charge in [-0.05, 0) is 48.9 Å². The second-order valence-corrected chi connectivity index (χ2v) is 11.8. The van der Waals surface area contributed by atoms with Crippen LogP contribution in [0.3, 0.4) is 0 Å². The molecule has 0 spiro atoms. The van der Waals surface area contributed by atoms with Crippen molar-refractivity contribution in [1.29, 1.82) is 0 Å². The molecule has 1 aromatic carbocycles. The smallest absolute Gasteiger partial charge is 0.291 e. The molecule has 0 radical (unpaired) electrons. The highest BCUT2D eigenvalue weighted by Crippen LogP contribution is 2.29. The van der Waals surface area contributed by atoms with Crippen LogP contribution in [-0.2, 0) is 16.4 Å². The zero-order valence-corrected chi connectivity index (χ0v) is 20.6. The molecule has 34 heavy (non-hydrogen) atoms. The van der Waals surface area contributed by atoms with Crippen LogP contribution < -0.4 is 0 Å². The lowest BCUT2D eigenvalue weighted by molar-refractivity contribution is 0.248. The van der Waals surface area contributed by atoms with E-state index in [0.717, 1.165) is 50.0 Å². The summed E-state index contributed by atoms with van der Waals surface area (Å²) in [5, 5.41) is 9.44. The van der Waals surface area contributed by atoms with Crippen molar-refractivity contribution in [3.05, 3.63) is 35.6 Å².